The van der Waals surface area contributed by atoms with E-state index in [1.165, 1.54) is 0 Å². The Balaban J connectivity index is 2.55. The molecule has 4 heteroatoms. The van der Waals surface area contributed by atoms with Gasteiger partial charge in [0.05, 0.1) is 0 Å². The fraction of sp³-hybridized carbons (Fsp3) is 0.308. The molecule has 17 heavy (non-hydrogen) atoms. The Kier molecular flexibility index (Phi) is 3.45. The molecule has 2 aromatic rings. The molecule has 1 aromatic heterocycles. The third-order valence-electron chi connectivity index (χ3n) is 2.94. The number of methoxy groups -OCH3 is 1. The number of benzene rings is 1. The Morgan fingerprint density at radius 3 is 2.82 bits per heavy atom. The van der Waals surface area contributed by atoms with Gasteiger partial charge < -0.3 is 9.84 Å². The highest BCUT2D eigenvalue weighted by molar-refractivity contribution is 7.09. The SMILES string of the molecule is CCC(OC)(c1cccc(O)c1)c1nccs1. The third kappa shape index (κ3) is 2.06. The molecule has 0 saturated heterocycles. The average molecular weight is 249 g/mol. The monoisotopic (exact) mass is 249 g/mol. The molecular formula is C13H15NO2S. The van der Waals surface area contributed by atoms with Gasteiger partial charge in [-0.3, -0.25) is 0 Å². The van der Waals surface area contributed by atoms with Gasteiger partial charge in [0.15, 0.2) is 0 Å². The Labute approximate surface area is 105 Å². The zero-order chi connectivity index (χ0) is 12.3. The minimum atomic E-state index is -0.563. The lowest BCUT2D eigenvalue weighted by molar-refractivity contribution is 0.0183. The third-order valence-corrected chi connectivity index (χ3v) is 3.85. The first-order valence-electron chi connectivity index (χ1n) is 5.47. The lowest BCUT2D eigenvalue weighted by Crippen LogP contribution is -2.28. The van der Waals surface area contributed by atoms with Crippen LogP contribution < -0.4 is 0 Å². The van der Waals surface area contributed by atoms with E-state index in [0.29, 0.717) is 0 Å². The van der Waals surface area contributed by atoms with Crippen molar-refractivity contribution < 1.29 is 9.84 Å². The predicted molar refractivity (Wildman–Crippen MR) is 68.3 cm³/mol. The van der Waals surface area contributed by atoms with Crippen LogP contribution in [0.2, 0.25) is 0 Å². The van der Waals surface area contributed by atoms with Crippen LogP contribution in [0.1, 0.15) is 23.9 Å². The Bertz CT molecular complexity index is 478. The smallest absolute Gasteiger partial charge is 0.144 e. The highest BCUT2D eigenvalue weighted by Gasteiger charge is 2.35. The predicted octanol–water partition coefficient (Wildman–Crippen LogP) is 3.15. The number of aromatic nitrogens is 1. The van der Waals surface area contributed by atoms with Crippen molar-refractivity contribution in [2.45, 2.75) is 18.9 Å². The molecule has 0 aliphatic heterocycles. The number of aromatic hydroxyl groups is 1. The summed E-state index contributed by atoms with van der Waals surface area (Å²) in [4.78, 5) is 4.35. The van der Waals surface area contributed by atoms with Gasteiger partial charge in [-0.1, -0.05) is 19.1 Å². The van der Waals surface area contributed by atoms with Crippen molar-refractivity contribution >= 4 is 11.3 Å². The maximum atomic E-state index is 9.59. The number of ether oxygens (including phenoxy) is 1. The fourth-order valence-corrected chi connectivity index (χ4v) is 2.92. The largest absolute Gasteiger partial charge is 0.508 e. The van der Waals surface area contributed by atoms with E-state index in [0.717, 1.165) is 17.0 Å². The van der Waals surface area contributed by atoms with Gasteiger partial charge in [0.1, 0.15) is 16.4 Å². The molecule has 90 valence electrons. The number of rotatable bonds is 4. The van der Waals surface area contributed by atoms with Crippen molar-refractivity contribution in [1.82, 2.24) is 4.98 Å². The van der Waals surface area contributed by atoms with E-state index in [2.05, 4.69) is 11.9 Å². The number of thiazole rings is 1. The van der Waals surface area contributed by atoms with Crippen LogP contribution >= 0.6 is 11.3 Å². The van der Waals surface area contributed by atoms with Gasteiger partial charge in [0, 0.05) is 18.7 Å². The van der Waals surface area contributed by atoms with Crippen LogP contribution in [-0.2, 0) is 10.3 Å². The summed E-state index contributed by atoms with van der Waals surface area (Å²) in [6, 6.07) is 7.16. The van der Waals surface area contributed by atoms with Crippen molar-refractivity contribution in [2.75, 3.05) is 7.11 Å². The van der Waals surface area contributed by atoms with Crippen LogP contribution in [0.5, 0.6) is 5.75 Å². The molecule has 0 fully saturated rings. The molecule has 0 radical (unpaired) electrons. The van der Waals surface area contributed by atoms with E-state index >= 15 is 0 Å². The summed E-state index contributed by atoms with van der Waals surface area (Å²) in [5.74, 6) is 0.244. The van der Waals surface area contributed by atoms with Crippen LogP contribution in [0.3, 0.4) is 0 Å². The number of nitrogens with zero attached hydrogens (tertiary/aromatic N) is 1. The first kappa shape index (κ1) is 12.1. The zero-order valence-corrected chi connectivity index (χ0v) is 10.7. The topological polar surface area (TPSA) is 42.4 Å². The molecule has 1 atom stereocenters. The van der Waals surface area contributed by atoms with E-state index < -0.39 is 5.60 Å². The minimum absolute atomic E-state index is 0.244. The molecular weight excluding hydrogens is 234 g/mol. The standard InChI is InChI=1S/C13H15NO2S/c1-3-13(16-2,12-14-7-8-17-12)10-5-4-6-11(15)9-10/h4-9,15H,3H2,1-2H3. The molecule has 0 bridgehead atoms. The van der Waals surface area contributed by atoms with E-state index in [1.54, 1.807) is 36.8 Å². The number of phenolic OH excluding ortho intramolecular Hbond substituents is 1. The van der Waals surface area contributed by atoms with Crippen LogP contribution in [-0.4, -0.2) is 17.2 Å². The first-order valence-corrected chi connectivity index (χ1v) is 6.35. The number of hydrogen-bond acceptors (Lipinski definition) is 4. The summed E-state index contributed by atoms with van der Waals surface area (Å²) in [5.41, 5.74) is 0.366. The summed E-state index contributed by atoms with van der Waals surface area (Å²) in [6.07, 6.45) is 2.53. The van der Waals surface area contributed by atoms with Crippen molar-refractivity contribution in [3.63, 3.8) is 0 Å². The highest BCUT2D eigenvalue weighted by atomic mass is 32.1. The van der Waals surface area contributed by atoms with Crippen molar-refractivity contribution in [2.24, 2.45) is 0 Å². The minimum Gasteiger partial charge on any atom is -0.508 e. The Hall–Kier alpha value is -1.39. The van der Waals surface area contributed by atoms with Crippen molar-refractivity contribution in [1.29, 1.82) is 0 Å². The van der Waals surface area contributed by atoms with Gasteiger partial charge in [0.25, 0.3) is 0 Å². The second-order valence-electron chi connectivity index (χ2n) is 3.77. The van der Waals surface area contributed by atoms with E-state index in [-0.39, 0.29) is 5.75 Å². The molecule has 2 rings (SSSR count). The van der Waals surface area contributed by atoms with Gasteiger partial charge in [-0.2, -0.15) is 0 Å². The maximum Gasteiger partial charge on any atom is 0.144 e. The van der Waals surface area contributed by atoms with E-state index in [9.17, 15) is 5.11 Å². The highest BCUT2D eigenvalue weighted by Crippen LogP contribution is 2.38. The van der Waals surface area contributed by atoms with E-state index in [4.69, 9.17) is 4.74 Å². The molecule has 0 aliphatic rings. The van der Waals surface area contributed by atoms with Gasteiger partial charge in [-0.25, -0.2) is 4.98 Å². The number of hydrogen-bond donors (Lipinski definition) is 1. The van der Waals surface area contributed by atoms with Gasteiger partial charge in [0.2, 0.25) is 0 Å². The second-order valence-corrected chi connectivity index (χ2v) is 4.67. The van der Waals surface area contributed by atoms with E-state index in [1.807, 2.05) is 17.5 Å². The molecule has 3 nitrogen and oxygen atoms in total. The summed E-state index contributed by atoms with van der Waals surface area (Å²) in [5, 5.41) is 12.4. The second kappa shape index (κ2) is 4.85. The summed E-state index contributed by atoms with van der Waals surface area (Å²) >= 11 is 1.56. The van der Waals surface area contributed by atoms with Gasteiger partial charge in [-0.05, 0) is 24.1 Å². The molecule has 1 unspecified atom stereocenters. The Morgan fingerprint density at radius 2 is 2.29 bits per heavy atom. The molecule has 0 amide bonds. The lowest BCUT2D eigenvalue weighted by atomic mass is 9.91. The first-order chi connectivity index (χ1) is 8.23. The van der Waals surface area contributed by atoms with Gasteiger partial charge in [-0.15, -0.1) is 11.3 Å². The molecule has 0 saturated carbocycles. The van der Waals surface area contributed by atoms with Crippen LogP contribution in [0, 0.1) is 0 Å². The summed E-state index contributed by atoms with van der Waals surface area (Å²) < 4.78 is 5.71. The molecule has 1 heterocycles. The molecule has 0 aliphatic carbocycles. The maximum absolute atomic E-state index is 9.59. The zero-order valence-electron chi connectivity index (χ0n) is 9.88. The summed E-state index contributed by atoms with van der Waals surface area (Å²) in [6.45, 7) is 2.05. The summed E-state index contributed by atoms with van der Waals surface area (Å²) in [7, 11) is 1.68. The average Bonchev–Trinajstić information content (AvgIpc) is 2.86. The van der Waals surface area contributed by atoms with Crippen LogP contribution in [0.4, 0.5) is 0 Å². The van der Waals surface area contributed by atoms with Crippen LogP contribution in [0.15, 0.2) is 35.8 Å². The van der Waals surface area contributed by atoms with Crippen molar-refractivity contribution in [3.8, 4) is 5.75 Å². The van der Waals surface area contributed by atoms with Crippen molar-refractivity contribution in [3.05, 3.63) is 46.4 Å². The number of phenols is 1. The molecule has 1 aromatic carbocycles. The van der Waals surface area contributed by atoms with Gasteiger partial charge >= 0.3 is 0 Å². The van der Waals surface area contributed by atoms with Crippen LogP contribution in [0.25, 0.3) is 0 Å². The fourth-order valence-electron chi connectivity index (χ4n) is 2.01. The molecule has 0 spiro atoms. The Morgan fingerprint density at radius 1 is 1.47 bits per heavy atom. The molecule has 1 N–H and O–H groups in total. The lowest BCUT2D eigenvalue weighted by Gasteiger charge is -2.29. The normalized spacial score (nSPS) is 14.5. The quantitative estimate of drug-likeness (QED) is 0.905.